The fourth-order valence-electron chi connectivity index (χ4n) is 3.53. The zero-order valence-electron chi connectivity index (χ0n) is 16.0. The average molecular weight is 400 g/mol. The number of aliphatic hydroxyl groups is 1. The second-order valence-electron chi connectivity index (χ2n) is 6.92. The molecule has 0 fully saturated rings. The van der Waals surface area contributed by atoms with Gasteiger partial charge in [0.15, 0.2) is 0 Å². The maximum atomic E-state index is 12.7. The summed E-state index contributed by atoms with van der Waals surface area (Å²) in [6.45, 7) is 3.79. The van der Waals surface area contributed by atoms with Crippen molar-refractivity contribution in [3.8, 4) is 0 Å². The molecule has 1 heterocycles. The summed E-state index contributed by atoms with van der Waals surface area (Å²) in [4.78, 5) is 25.7. The molecular weight excluding hydrogens is 374 g/mol. The zero-order valence-corrected chi connectivity index (χ0v) is 16.8. The number of hydrogen-bond acceptors (Lipinski definition) is 5. The van der Waals surface area contributed by atoms with Gasteiger partial charge in [-0.2, -0.15) is 0 Å². The first-order valence-corrected chi connectivity index (χ1v) is 10.3. The van der Waals surface area contributed by atoms with Crippen molar-refractivity contribution < 1.29 is 19.4 Å². The fourth-order valence-corrected chi connectivity index (χ4v) is 4.16. The quantitative estimate of drug-likeness (QED) is 0.548. The van der Waals surface area contributed by atoms with Gasteiger partial charge in [0, 0.05) is 6.04 Å². The van der Waals surface area contributed by atoms with Crippen LogP contribution in [0.25, 0.3) is 0 Å². The van der Waals surface area contributed by atoms with Gasteiger partial charge in [-0.3, -0.25) is 9.59 Å². The van der Waals surface area contributed by atoms with E-state index in [4.69, 9.17) is 4.74 Å². The molecule has 2 aromatic rings. The Kier molecular flexibility index (Phi) is 6.65. The van der Waals surface area contributed by atoms with Crippen LogP contribution < -0.4 is 5.32 Å². The second-order valence-corrected chi connectivity index (χ2v) is 7.87. The van der Waals surface area contributed by atoms with Gasteiger partial charge < -0.3 is 15.2 Å². The Hall–Kier alpha value is -2.44. The summed E-state index contributed by atoms with van der Waals surface area (Å²) in [5.74, 6) is -0.949. The van der Waals surface area contributed by atoms with Gasteiger partial charge >= 0.3 is 5.97 Å². The first-order valence-electron chi connectivity index (χ1n) is 9.46. The molecule has 2 N–H and O–H groups in total. The molecule has 5 nitrogen and oxygen atoms in total. The van der Waals surface area contributed by atoms with E-state index in [1.807, 2.05) is 47.9 Å². The van der Waals surface area contributed by atoms with E-state index < -0.39 is 12.0 Å². The van der Waals surface area contributed by atoms with Crippen molar-refractivity contribution in [1.82, 2.24) is 5.32 Å². The molecule has 4 atom stereocenters. The van der Waals surface area contributed by atoms with Crippen LogP contribution >= 0.6 is 11.3 Å². The summed E-state index contributed by atoms with van der Waals surface area (Å²) in [6, 6.07) is 10.9. The van der Waals surface area contributed by atoms with Gasteiger partial charge in [0.25, 0.3) is 5.91 Å². The summed E-state index contributed by atoms with van der Waals surface area (Å²) < 4.78 is 5.33. The van der Waals surface area contributed by atoms with E-state index >= 15 is 0 Å². The van der Waals surface area contributed by atoms with Gasteiger partial charge in [0.1, 0.15) is 0 Å². The lowest BCUT2D eigenvalue weighted by molar-refractivity contribution is -0.146. The minimum Gasteiger partial charge on any atom is -0.466 e. The highest BCUT2D eigenvalue weighted by molar-refractivity contribution is 7.12. The van der Waals surface area contributed by atoms with Crippen molar-refractivity contribution >= 4 is 23.2 Å². The first kappa shape index (κ1) is 20.3. The van der Waals surface area contributed by atoms with Crippen LogP contribution in [0.1, 0.15) is 53.1 Å². The largest absolute Gasteiger partial charge is 0.466 e. The maximum Gasteiger partial charge on any atom is 0.314 e. The van der Waals surface area contributed by atoms with Crippen LogP contribution in [-0.4, -0.2) is 29.6 Å². The van der Waals surface area contributed by atoms with Gasteiger partial charge in [-0.05, 0) is 48.8 Å². The Morgan fingerprint density at radius 1 is 1.25 bits per heavy atom. The lowest BCUT2D eigenvalue weighted by Crippen LogP contribution is -2.33. The molecule has 1 aromatic carbocycles. The van der Waals surface area contributed by atoms with Crippen molar-refractivity contribution in [2.75, 3.05) is 6.61 Å². The van der Waals surface area contributed by atoms with Crippen LogP contribution in [0.15, 0.2) is 53.9 Å². The third-order valence-electron chi connectivity index (χ3n) is 4.90. The van der Waals surface area contributed by atoms with Crippen LogP contribution in [0.2, 0.25) is 0 Å². The molecule has 0 bridgehead atoms. The minimum absolute atomic E-state index is 0.0862. The van der Waals surface area contributed by atoms with Crippen molar-refractivity contribution in [3.63, 3.8) is 0 Å². The molecule has 28 heavy (non-hydrogen) atoms. The fraction of sp³-hybridized carbons (Fsp3) is 0.364. The molecule has 3 rings (SSSR count). The van der Waals surface area contributed by atoms with Crippen LogP contribution in [0.3, 0.4) is 0 Å². The predicted octanol–water partition coefficient (Wildman–Crippen LogP) is 3.82. The Morgan fingerprint density at radius 2 is 2.04 bits per heavy atom. The topological polar surface area (TPSA) is 75.6 Å². The first-order chi connectivity index (χ1) is 13.5. The number of benzene rings is 1. The van der Waals surface area contributed by atoms with Gasteiger partial charge in [0.2, 0.25) is 0 Å². The normalized spacial score (nSPS) is 20.5. The number of ether oxygens (including phenoxy) is 1. The smallest absolute Gasteiger partial charge is 0.314 e. The van der Waals surface area contributed by atoms with Crippen LogP contribution in [0.5, 0.6) is 0 Å². The SMILES string of the molecule is CCOC(=O)C(c1cccc(C(C)O)c1)C1C=CC(NC(=O)c2cccs2)C1. The number of thiophene rings is 1. The molecule has 1 amide bonds. The molecule has 148 valence electrons. The molecule has 4 unspecified atom stereocenters. The van der Waals surface area contributed by atoms with Crippen molar-refractivity contribution in [2.24, 2.45) is 5.92 Å². The number of nitrogens with one attached hydrogen (secondary N) is 1. The maximum absolute atomic E-state index is 12.7. The van der Waals surface area contributed by atoms with Gasteiger partial charge in [-0.25, -0.2) is 0 Å². The highest BCUT2D eigenvalue weighted by atomic mass is 32.1. The van der Waals surface area contributed by atoms with Gasteiger partial charge in [-0.1, -0.05) is 42.5 Å². The number of esters is 1. The Labute approximate surface area is 169 Å². The van der Waals surface area contributed by atoms with Crippen molar-refractivity contribution in [2.45, 2.75) is 38.3 Å². The molecule has 1 aromatic heterocycles. The summed E-state index contributed by atoms with van der Waals surface area (Å²) in [6.07, 6.45) is 3.94. The molecule has 0 aliphatic heterocycles. The van der Waals surface area contributed by atoms with E-state index in [-0.39, 0.29) is 23.8 Å². The second kappa shape index (κ2) is 9.17. The third-order valence-corrected chi connectivity index (χ3v) is 5.77. The zero-order chi connectivity index (χ0) is 20.1. The summed E-state index contributed by atoms with van der Waals surface area (Å²) in [5, 5.41) is 14.8. The number of carbonyl (C=O) groups excluding carboxylic acids is 2. The van der Waals surface area contributed by atoms with E-state index in [9.17, 15) is 14.7 Å². The monoisotopic (exact) mass is 399 g/mol. The number of amides is 1. The highest BCUT2D eigenvalue weighted by Crippen LogP contribution is 2.35. The summed E-state index contributed by atoms with van der Waals surface area (Å²) in [5.41, 5.74) is 1.58. The average Bonchev–Trinajstić information content (AvgIpc) is 3.35. The molecule has 6 heteroatoms. The van der Waals surface area contributed by atoms with E-state index in [1.54, 1.807) is 19.9 Å². The standard InChI is InChI=1S/C22H25NO4S/c1-3-27-22(26)20(16-7-4-6-15(12-16)14(2)24)17-9-10-18(13-17)23-21(25)19-8-5-11-28-19/h4-12,14,17-18,20,24H,3,13H2,1-2H3,(H,23,25). The predicted molar refractivity (Wildman–Crippen MR) is 109 cm³/mol. The molecule has 1 aliphatic carbocycles. The van der Waals surface area contributed by atoms with Crippen molar-refractivity contribution in [3.05, 3.63) is 69.9 Å². The van der Waals surface area contributed by atoms with E-state index in [0.29, 0.717) is 17.9 Å². The van der Waals surface area contributed by atoms with Crippen LogP contribution in [0.4, 0.5) is 0 Å². The Morgan fingerprint density at radius 3 is 2.71 bits per heavy atom. The van der Waals surface area contributed by atoms with Crippen LogP contribution in [0, 0.1) is 5.92 Å². The number of aliphatic hydroxyl groups excluding tert-OH is 1. The summed E-state index contributed by atoms with van der Waals surface area (Å²) in [7, 11) is 0. The molecule has 1 aliphatic rings. The molecule has 0 spiro atoms. The Balaban J connectivity index is 1.76. The number of allylic oxidation sites excluding steroid dienone is 1. The molecule has 0 saturated heterocycles. The number of hydrogen-bond donors (Lipinski definition) is 2. The number of rotatable bonds is 7. The Bertz CT molecular complexity index is 844. The lowest BCUT2D eigenvalue weighted by Gasteiger charge is -2.23. The summed E-state index contributed by atoms with van der Waals surface area (Å²) >= 11 is 1.40. The third kappa shape index (κ3) is 4.69. The molecule has 0 saturated carbocycles. The van der Waals surface area contributed by atoms with Gasteiger partial charge in [-0.15, -0.1) is 11.3 Å². The lowest BCUT2D eigenvalue weighted by atomic mass is 9.84. The molecule has 0 radical (unpaired) electrons. The van der Waals surface area contributed by atoms with Gasteiger partial charge in [0.05, 0.1) is 23.5 Å². The highest BCUT2D eigenvalue weighted by Gasteiger charge is 2.34. The van der Waals surface area contributed by atoms with E-state index in [1.165, 1.54) is 11.3 Å². The van der Waals surface area contributed by atoms with E-state index in [2.05, 4.69) is 5.32 Å². The molecular formula is C22H25NO4S. The van der Waals surface area contributed by atoms with Crippen LogP contribution in [-0.2, 0) is 9.53 Å². The van der Waals surface area contributed by atoms with Crippen molar-refractivity contribution in [1.29, 1.82) is 0 Å². The minimum atomic E-state index is -0.611. The van der Waals surface area contributed by atoms with E-state index in [0.717, 1.165) is 11.1 Å². The number of carbonyl (C=O) groups is 2.